The molecule has 0 amide bonds. The van der Waals surface area contributed by atoms with Crippen LogP contribution in [0, 0.1) is 0 Å². The molecule has 1 aliphatic heterocycles. The zero-order valence-corrected chi connectivity index (χ0v) is 12.7. The summed E-state index contributed by atoms with van der Waals surface area (Å²) in [5.41, 5.74) is 2.44. The third kappa shape index (κ3) is 3.33. The Morgan fingerprint density at radius 2 is 2.17 bits per heavy atom. The lowest BCUT2D eigenvalue weighted by Gasteiger charge is -2.29. The van der Waals surface area contributed by atoms with Crippen molar-refractivity contribution in [3.63, 3.8) is 0 Å². The lowest BCUT2D eigenvalue weighted by molar-refractivity contribution is 0.267. The molecule has 3 nitrogen and oxygen atoms in total. The van der Waals surface area contributed by atoms with Crippen molar-refractivity contribution in [2.24, 2.45) is 0 Å². The van der Waals surface area contributed by atoms with Crippen LogP contribution in [0.1, 0.15) is 37.8 Å². The van der Waals surface area contributed by atoms with Gasteiger partial charge in [0.05, 0.1) is 6.61 Å². The zero-order chi connectivity index (χ0) is 13.0. The van der Waals surface area contributed by atoms with Gasteiger partial charge in [-0.05, 0) is 42.3 Å². The number of benzene rings is 1. The van der Waals surface area contributed by atoms with Crippen molar-refractivity contribution in [1.82, 2.24) is 5.09 Å². The second kappa shape index (κ2) is 6.16. The fourth-order valence-corrected chi connectivity index (χ4v) is 4.04. The van der Waals surface area contributed by atoms with E-state index in [0.717, 1.165) is 37.1 Å². The molecule has 1 aromatic carbocycles. The lowest BCUT2D eigenvalue weighted by Crippen LogP contribution is -2.20. The number of rotatable bonds is 5. The van der Waals surface area contributed by atoms with E-state index in [1.807, 2.05) is 6.07 Å². The van der Waals surface area contributed by atoms with Crippen LogP contribution < -0.4 is 9.61 Å². The Morgan fingerprint density at radius 1 is 1.33 bits per heavy atom. The number of hydrogen-bond donors (Lipinski definition) is 1. The van der Waals surface area contributed by atoms with E-state index in [2.05, 4.69) is 31.1 Å². The van der Waals surface area contributed by atoms with Crippen molar-refractivity contribution in [1.29, 1.82) is 0 Å². The number of nitrogens with one attached hydrogen (secondary N) is 1. The van der Waals surface area contributed by atoms with E-state index in [1.165, 1.54) is 5.56 Å². The first-order valence-corrected chi connectivity index (χ1v) is 9.12. The summed E-state index contributed by atoms with van der Waals surface area (Å²) in [5.74, 6) is 0.882. The molecule has 0 aromatic heterocycles. The van der Waals surface area contributed by atoms with Crippen LogP contribution in [0.2, 0.25) is 0 Å². The normalized spacial score (nSPS) is 22.3. The highest BCUT2D eigenvalue weighted by atomic mass is 32.5. The average Bonchev–Trinajstić information content (AvgIpc) is 2.37. The van der Waals surface area contributed by atoms with Crippen molar-refractivity contribution in [3.8, 4) is 5.75 Å². The summed E-state index contributed by atoms with van der Waals surface area (Å²) in [6.45, 7) is 3.36. The van der Waals surface area contributed by atoms with Crippen LogP contribution in [0.15, 0.2) is 18.2 Å². The van der Waals surface area contributed by atoms with E-state index < -0.39 is 6.64 Å². The monoisotopic (exact) mass is 285 g/mol. The van der Waals surface area contributed by atoms with Gasteiger partial charge in [-0.2, -0.15) is 0 Å². The third-order valence-electron chi connectivity index (χ3n) is 2.83. The maximum Gasteiger partial charge on any atom is 0.313 e. The van der Waals surface area contributed by atoms with Gasteiger partial charge in [0.15, 0.2) is 0 Å². The molecule has 0 bridgehead atoms. The second-order valence-corrected chi connectivity index (χ2v) is 7.66. The average molecular weight is 285 g/mol. The zero-order valence-electron chi connectivity index (χ0n) is 10.9. The molecule has 0 fully saturated rings. The minimum atomic E-state index is -2.31. The van der Waals surface area contributed by atoms with Crippen molar-refractivity contribution in [2.45, 2.75) is 39.7 Å². The Kier molecular flexibility index (Phi) is 4.79. The van der Waals surface area contributed by atoms with Gasteiger partial charge in [-0.1, -0.05) is 26.3 Å². The maximum absolute atomic E-state index is 5.85. The molecule has 0 saturated heterocycles. The fraction of sp³-hybridized carbons (Fsp3) is 0.538. The number of fused-ring (bicyclic) bond motifs is 1. The van der Waals surface area contributed by atoms with E-state index in [4.69, 9.17) is 20.9 Å². The first-order valence-electron chi connectivity index (χ1n) is 6.48. The maximum atomic E-state index is 5.85. The van der Waals surface area contributed by atoms with Crippen molar-refractivity contribution >= 4 is 18.4 Å². The van der Waals surface area contributed by atoms with Crippen LogP contribution in [0.3, 0.4) is 0 Å². The Hall–Kier alpha value is -0.410. The SMILES string of the molecule is CCCNP1(=S)OCc2cc(CCC)ccc2O1. The van der Waals surface area contributed by atoms with Gasteiger partial charge in [-0.25, -0.2) is 5.09 Å². The lowest BCUT2D eigenvalue weighted by atomic mass is 10.1. The van der Waals surface area contributed by atoms with E-state index >= 15 is 0 Å². The molecule has 1 heterocycles. The van der Waals surface area contributed by atoms with Crippen LogP contribution in [0.5, 0.6) is 5.75 Å². The van der Waals surface area contributed by atoms with Gasteiger partial charge in [-0.3, -0.25) is 0 Å². The molecule has 1 aromatic rings. The van der Waals surface area contributed by atoms with E-state index in [1.54, 1.807) is 0 Å². The fourth-order valence-electron chi connectivity index (χ4n) is 1.92. The first kappa shape index (κ1) is 14.0. The molecular weight excluding hydrogens is 265 g/mol. The van der Waals surface area contributed by atoms with Crippen molar-refractivity contribution < 1.29 is 9.05 Å². The summed E-state index contributed by atoms with van der Waals surface area (Å²) < 4.78 is 11.6. The Labute approximate surface area is 114 Å². The van der Waals surface area contributed by atoms with Crippen LogP contribution in [-0.2, 0) is 29.4 Å². The molecule has 2 rings (SSSR count). The highest BCUT2D eigenvalue weighted by Crippen LogP contribution is 2.50. The molecule has 0 radical (unpaired) electrons. The summed E-state index contributed by atoms with van der Waals surface area (Å²) in [6.07, 6.45) is 3.26. The summed E-state index contributed by atoms with van der Waals surface area (Å²) in [4.78, 5) is 0. The van der Waals surface area contributed by atoms with Gasteiger partial charge in [0, 0.05) is 12.1 Å². The molecule has 1 atom stereocenters. The van der Waals surface area contributed by atoms with E-state index in [9.17, 15) is 0 Å². The molecule has 100 valence electrons. The van der Waals surface area contributed by atoms with Gasteiger partial charge in [0.1, 0.15) is 5.75 Å². The summed E-state index contributed by atoms with van der Waals surface area (Å²) >= 11 is 5.43. The molecule has 5 heteroatoms. The van der Waals surface area contributed by atoms with E-state index in [-0.39, 0.29) is 0 Å². The molecule has 1 aliphatic rings. The Bertz CT molecular complexity index is 464. The minimum Gasteiger partial charge on any atom is -0.432 e. The summed E-state index contributed by atoms with van der Waals surface area (Å²) in [7, 11) is 0. The number of aryl methyl sites for hydroxylation is 1. The quantitative estimate of drug-likeness (QED) is 0.834. The third-order valence-corrected chi connectivity index (χ3v) is 5.27. The topological polar surface area (TPSA) is 30.5 Å². The first-order chi connectivity index (χ1) is 8.67. The minimum absolute atomic E-state index is 0.556. The van der Waals surface area contributed by atoms with Gasteiger partial charge in [0.25, 0.3) is 0 Å². The van der Waals surface area contributed by atoms with Gasteiger partial charge in [-0.15, -0.1) is 0 Å². The smallest absolute Gasteiger partial charge is 0.313 e. The van der Waals surface area contributed by atoms with Gasteiger partial charge >= 0.3 is 6.64 Å². The molecule has 0 saturated carbocycles. The Balaban J connectivity index is 2.13. The predicted molar refractivity (Wildman–Crippen MR) is 78.4 cm³/mol. The number of hydrogen-bond acceptors (Lipinski definition) is 3. The molecule has 0 spiro atoms. The molecule has 18 heavy (non-hydrogen) atoms. The van der Waals surface area contributed by atoms with Crippen LogP contribution in [0.25, 0.3) is 0 Å². The molecular formula is C13H20NO2PS. The highest BCUT2D eigenvalue weighted by Gasteiger charge is 2.26. The summed E-state index contributed by atoms with van der Waals surface area (Å²) in [6, 6.07) is 6.31. The standard InChI is InChI=1S/C13H20NO2PS/c1-3-5-11-6-7-13-12(9-11)10-15-17(18,16-13)14-8-4-2/h6-7,9H,3-5,8,10H2,1-2H3,(H,14,18). The van der Waals surface area contributed by atoms with Gasteiger partial charge < -0.3 is 9.05 Å². The van der Waals surface area contributed by atoms with Crippen LogP contribution >= 0.6 is 6.64 Å². The highest BCUT2D eigenvalue weighted by molar-refractivity contribution is 8.09. The predicted octanol–water partition coefficient (Wildman–Crippen LogP) is 3.77. The molecule has 1 unspecified atom stereocenters. The van der Waals surface area contributed by atoms with Crippen molar-refractivity contribution in [2.75, 3.05) is 6.54 Å². The van der Waals surface area contributed by atoms with Crippen LogP contribution in [0.4, 0.5) is 0 Å². The van der Waals surface area contributed by atoms with Crippen molar-refractivity contribution in [3.05, 3.63) is 29.3 Å². The largest absolute Gasteiger partial charge is 0.432 e. The Morgan fingerprint density at radius 3 is 2.89 bits per heavy atom. The molecule has 1 N–H and O–H groups in total. The second-order valence-electron chi connectivity index (χ2n) is 4.46. The van der Waals surface area contributed by atoms with Gasteiger partial charge in [0.2, 0.25) is 0 Å². The van der Waals surface area contributed by atoms with Crippen LogP contribution in [-0.4, -0.2) is 6.54 Å². The molecule has 0 aliphatic carbocycles. The van der Waals surface area contributed by atoms with E-state index in [0.29, 0.717) is 6.61 Å². The summed E-state index contributed by atoms with van der Waals surface area (Å²) in [5, 5.41) is 3.21.